The number of halogens is 1. The van der Waals surface area contributed by atoms with Gasteiger partial charge in [-0.05, 0) is 77.4 Å². The minimum Gasteiger partial charge on any atom is -0.455 e. The van der Waals surface area contributed by atoms with Crippen LogP contribution in [-0.2, 0) is 4.74 Å². The van der Waals surface area contributed by atoms with Crippen molar-refractivity contribution in [2.24, 2.45) is 0 Å². The van der Waals surface area contributed by atoms with Crippen molar-refractivity contribution in [1.29, 1.82) is 5.26 Å². The molecule has 0 spiro atoms. The number of fused-ring (bicyclic) bond motifs is 1. The first-order chi connectivity index (χ1) is 17.9. The van der Waals surface area contributed by atoms with E-state index in [2.05, 4.69) is 16.4 Å². The normalized spacial score (nSPS) is 12.2. The lowest BCUT2D eigenvalue weighted by atomic mass is 9.98. The van der Waals surface area contributed by atoms with Crippen molar-refractivity contribution >= 4 is 34.2 Å². The average molecular weight is 530 g/mol. The van der Waals surface area contributed by atoms with Crippen LogP contribution in [0.4, 0.5) is 5.69 Å². The van der Waals surface area contributed by atoms with Crippen molar-refractivity contribution in [3.8, 4) is 17.4 Å². The fourth-order valence-corrected chi connectivity index (χ4v) is 4.39. The lowest BCUT2D eigenvalue weighted by Gasteiger charge is -2.22. The standard InChI is InChI=1S/C30H28ClN3O4/c1-16-12-21(18(3)33-23-10-11-24(31)34-25(23)29(36)38-30(4,5)6)28-22(13-16)26(35)17(2)27(37-28)20-9-7-8-19(14-20)15-32/h7-14,18,33H,1-6H3/t18-/m1/s1. The van der Waals surface area contributed by atoms with Gasteiger partial charge in [-0.1, -0.05) is 29.8 Å². The van der Waals surface area contributed by atoms with E-state index in [4.69, 9.17) is 20.8 Å². The van der Waals surface area contributed by atoms with E-state index in [1.165, 1.54) is 0 Å². The lowest BCUT2D eigenvalue weighted by Crippen LogP contribution is -2.25. The first kappa shape index (κ1) is 26.9. The monoisotopic (exact) mass is 529 g/mol. The maximum Gasteiger partial charge on any atom is 0.359 e. The number of carbonyl (C=O) groups excluding carboxylic acids is 1. The van der Waals surface area contributed by atoms with Crippen molar-refractivity contribution in [3.63, 3.8) is 0 Å². The van der Waals surface area contributed by atoms with Gasteiger partial charge in [0.15, 0.2) is 11.1 Å². The van der Waals surface area contributed by atoms with Crippen molar-refractivity contribution in [1.82, 2.24) is 4.98 Å². The predicted molar refractivity (Wildman–Crippen MR) is 149 cm³/mol. The Morgan fingerprint density at radius 2 is 1.89 bits per heavy atom. The summed E-state index contributed by atoms with van der Waals surface area (Å²) in [5.74, 6) is -0.204. The summed E-state index contributed by atoms with van der Waals surface area (Å²) in [5, 5.41) is 13.3. The van der Waals surface area contributed by atoms with E-state index in [9.17, 15) is 14.9 Å². The second-order valence-electron chi connectivity index (χ2n) is 10.2. The molecule has 1 atom stereocenters. The number of rotatable bonds is 5. The zero-order chi connectivity index (χ0) is 27.8. The van der Waals surface area contributed by atoms with Gasteiger partial charge in [-0.25, -0.2) is 9.78 Å². The van der Waals surface area contributed by atoms with Crippen LogP contribution in [0.3, 0.4) is 0 Å². The minimum absolute atomic E-state index is 0.0579. The number of benzene rings is 2. The van der Waals surface area contributed by atoms with Gasteiger partial charge in [-0.3, -0.25) is 4.79 Å². The summed E-state index contributed by atoms with van der Waals surface area (Å²) in [6, 6.07) is 15.7. The highest BCUT2D eigenvalue weighted by Crippen LogP contribution is 2.33. The molecule has 0 fully saturated rings. The summed E-state index contributed by atoms with van der Waals surface area (Å²) in [5.41, 5.74) is 3.22. The molecule has 0 saturated heterocycles. The summed E-state index contributed by atoms with van der Waals surface area (Å²) >= 11 is 6.10. The molecular formula is C30H28ClN3O4. The van der Waals surface area contributed by atoms with Crippen molar-refractivity contribution in [2.45, 2.75) is 53.2 Å². The van der Waals surface area contributed by atoms with E-state index in [1.807, 2.05) is 19.9 Å². The maximum atomic E-state index is 13.4. The van der Waals surface area contributed by atoms with Crippen LogP contribution in [0.15, 0.2) is 57.7 Å². The molecule has 4 aromatic rings. The minimum atomic E-state index is -0.711. The summed E-state index contributed by atoms with van der Waals surface area (Å²) in [4.78, 5) is 30.5. The van der Waals surface area contributed by atoms with E-state index in [-0.39, 0.29) is 16.3 Å². The van der Waals surface area contributed by atoms with E-state index >= 15 is 0 Å². The smallest absolute Gasteiger partial charge is 0.359 e. The van der Waals surface area contributed by atoms with Gasteiger partial charge in [-0.15, -0.1) is 0 Å². The van der Waals surface area contributed by atoms with Gasteiger partial charge < -0.3 is 14.5 Å². The summed E-state index contributed by atoms with van der Waals surface area (Å²) in [6.45, 7) is 10.9. The number of nitriles is 1. The Labute approximate surface area is 226 Å². The predicted octanol–water partition coefficient (Wildman–Crippen LogP) is 7.13. The van der Waals surface area contributed by atoms with Gasteiger partial charge in [0.05, 0.1) is 28.7 Å². The molecule has 8 heteroatoms. The Kier molecular flexibility index (Phi) is 7.30. The highest BCUT2D eigenvalue weighted by Gasteiger charge is 2.24. The maximum absolute atomic E-state index is 13.4. The molecule has 0 aliphatic heterocycles. The third kappa shape index (κ3) is 5.56. The molecule has 0 radical (unpaired) electrons. The molecule has 38 heavy (non-hydrogen) atoms. The number of anilines is 1. The molecule has 2 heterocycles. The Balaban J connectivity index is 1.84. The van der Waals surface area contributed by atoms with Gasteiger partial charge in [0.2, 0.25) is 0 Å². The molecule has 7 nitrogen and oxygen atoms in total. The topological polar surface area (TPSA) is 105 Å². The number of aromatic nitrogens is 1. The van der Waals surface area contributed by atoms with Crippen LogP contribution in [0.5, 0.6) is 0 Å². The van der Waals surface area contributed by atoms with Crippen LogP contribution in [0, 0.1) is 25.2 Å². The third-order valence-electron chi connectivity index (χ3n) is 5.94. The van der Waals surface area contributed by atoms with Crippen LogP contribution in [0.2, 0.25) is 5.15 Å². The van der Waals surface area contributed by atoms with E-state index < -0.39 is 17.6 Å². The number of pyridine rings is 1. The van der Waals surface area contributed by atoms with Gasteiger partial charge in [-0.2, -0.15) is 5.26 Å². The molecule has 0 bridgehead atoms. The number of carbonyl (C=O) groups is 1. The zero-order valence-electron chi connectivity index (χ0n) is 22.1. The highest BCUT2D eigenvalue weighted by atomic mass is 35.5. The van der Waals surface area contributed by atoms with Crippen LogP contribution < -0.4 is 10.7 Å². The molecule has 2 aromatic heterocycles. The quantitative estimate of drug-likeness (QED) is 0.216. The van der Waals surface area contributed by atoms with Crippen molar-refractivity contribution < 1.29 is 13.9 Å². The third-order valence-corrected chi connectivity index (χ3v) is 6.15. The van der Waals surface area contributed by atoms with Crippen molar-refractivity contribution in [2.75, 3.05) is 5.32 Å². The van der Waals surface area contributed by atoms with E-state index in [0.29, 0.717) is 39.1 Å². The number of nitrogens with one attached hydrogen (secondary N) is 1. The number of ether oxygens (including phenoxy) is 1. The van der Waals surface area contributed by atoms with Crippen LogP contribution >= 0.6 is 11.6 Å². The first-order valence-electron chi connectivity index (χ1n) is 12.1. The number of nitrogens with zero attached hydrogens (tertiary/aromatic N) is 2. The summed E-state index contributed by atoms with van der Waals surface area (Å²) < 4.78 is 11.9. The molecule has 0 amide bonds. The van der Waals surface area contributed by atoms with Gasteiger partial charge in [0.25, 0.3) is 0 Å². The van der Waals surface area contributed by atoms with Crippen LogP contribution in [-0.4, -0.2) is 16.6 Å². The molecule has 0 saturated carbocycles. The SMILES string of the molecule is Cc1cc([C@@H](C)Nc2ccc(Cl)nc2C(=O)OC(C)(C)C)c2oc(-c3cccc(C#N)c3)c(C)c(=O)c2c1. The average Bonchev–Trinajstić information content (AvgIpc) is 2.86. The molecule has 0 aliphatic carbocycles. The lowest BCUT2D eigenvalue weighted by molar-refractivity contribution is 0.00640. The van der Waals surface area contributed by atoms with Gasteiger partial charge in [0.1, 0.15) is 22.1 Å². The summed E-state index contributed by atoms with van der Waals surface area (Å²) in [6.07, 6.45) is 0. The van der Waals surface area contributed by atoms with Gasteiger partial charge in [0, 0.05) is 16.7 Å². The number of hydrogen-bond donors (Lipinski definition) is 1. The molecule has 4 rings (SSSR count). The highest BCUT2D eigenvalue weighted by molar-refractivity contribution is 6.29. The number of esters is 1. The molecule has 0 aliphatic rings. The Morgan fingerprint density at radius 3 is 2.58 bits per heavy atom. The Bertz CT molecular complexity index is 1660. The largest absolute Gasteiger partial charge is 0.455 e. The fourth-order valence-electron chi connectivity index (χ4n) is 4.24. The number of hydrogen-bond acceptors (Lipinski definition) is 7. The Morgan fingerprint density at radius 1 is 1.16 bits per heavy atom. The fraction of sp³-hybridized carbons (Fsp3) is 0.267. The zero-order valence-corrected chi connectivity index (χ0v) is 22.9. The molecule has 1 N–H and O–H groups in total. The number of aryl methyl sites for hydroxylation is 1. The van der Waals surface area contributed by atoms with Gasteiger partial charge >= 0.3 is 5.97 Å². The molecule has 2 aromatic carbocycles. The molecule has 194 valence electrons. The van der Waals surface area contributed by atoms with Crippen LogP contribution in [0.25, 0.3) is 22.3 Å². The summed E-state index contributed by atoms with van der Waals surface area (Å²) in [7, 11) is 0. The van der Waals surface area contributed by atoms with Crippen molar-refractivity contribution in [3.05, 3.63) is 91.9 Å². The second-order valence-corrected chi connectivity index (χ2v) is 10.6. The second kappa shape index (κ2) is 10.3. The van der Waals surface area contributed by atoms with Crippen LogP contribution in [0.1, 0.15) is 66.5 Å². The van der Waals surface area contributed by atoms with E-state index in [1.54, 1.807) is 70.2 Å². The molecule has 0 unspecified atom stereocenters. The first-order valence-corrected chi connectivity index (χ1v) is 12.5. The molecular weight excluding hydrogens is 502 g/mol. The van der Waals surface area contributed by atoms with E-state index in [0.717, 1.165) is 11.1 Å². The Hall–Kier alpha value is -4.15.